The van der Waals surface area contributed by atoms with Crippen LogP contribution in [-0.2, 0) is 4.79 Å². The van der Waals surface area contributed by atoms with Crippen molar-refractivity contribution in [3.63, 3.8) is 0 Å². The largest absolute Gasteiger partial charge is 0.469 e. The van der Waals surface area contributed by atoms with Gasteiger partial charge in [-0.05, 0) is 31.5 Å². The van der Waals surface area contributed by atoms with Crippen LogP contribution in [0.15, 0.2) is 64.5 Å². The minimum atomic E-state index is -0.302. The van der Waals surface area contributed by atoms with Crippen LogP contribution < -0.4 is 5.32 Å². The van der Waals surface area contributed by atoms with Crippen molar-refractivity contribution in [1.29, 1.82) is 0 Å². The third-order valence-corrected chi connectivity index (χ3v) is 5.89. The smallest absolute Gasteiger partial charge is 0.226 e. The standard InChI is InChI=1S/C22H19N5O2/c1-12-24-22-25-17-9-13(19-7-4-8-29-19)10-18(28)20(17)21(27(22)26-12)15-11-23-16-6-3-2-5-14(15)16/h2-8,11,13,21,23H,9-10H2,1H3,(H,24,25,26)/t13-,21-/m0/s1. The number of nitrogens with zero attached hydrogens (tertiary/aromatic N) is 3. The fraction of sp³-hybridized carbons (Fsp3) is 0.227. The van der Waals surface area contributed by atoms with Crippen LogP contribution in [0.5, 0.6) is 0 Å². The molecule has 1 aliphatic heterocycles. The van der Waals surface area contributed by atoms with E-state index < -0.39 is 0 Å². The summed E-state index contributed by atoms with van der Waals surface area (Å²) in [7, 11) is 0. The van der Waals surface area contributed by atoms with Crippen LogP contribution in [0.2, 0.25) is 0 Å². The van der Waals surface area contributed by atoms with E-state index in [0.29, 0.717) is 24.6 Å². The van der Waals surface area contributed by atoms with Crippen molar-refractivity contribution in [2.24, 2.45) is 0 Å². The maximum atomic E-state index is 13.4. The maximum absolute atomic E-state index is 13.4. The van der Waals surface area contributed by atoms with Crippen LogP contribution in [-0.4, -0.2) is 25.5 Å². The first-order chi connectivity index (χ1) is 14.2. The number of aryl methyl sites for hydroxylation is 1. The van der Waals surface area contributed by atoms with Crippen LogP contribution in [0.3, 0.4) is 0 Å². The molecule has 0 unspecified atom stereocenters. The predicted octanol–water partition coefficient (Wildman–Crippen LogP) is 4.08. The second kappa shape index (κ2) is 5.94. The van der Waals surface area contributed by atoms with Crippen molar-refractivity contribution >= 4 is 22.6 Å². The summed E-state index contributed by atoms with van der Waals surface area (Å²) in [5.41, 5.74) is 3.76. The van der Waals surface area contributed by atoms with E-state index in [2.05, 4.69) is 26.4 Å². The SMILES string of the molecule is Cc1nc2n(n1)[C@@H](c1c[nH]c3ccccc13)C1=C(C[C@H](c3ccco3)CC1=O)N2. The van der Waals surface area contributed by atoms with Crippen LogP contribution in [0.25, 0.3) is 10.9 Å². The Kier molecular flexibility index (Phi) is 3.35. The molecular weight excluding hydrogens is 366 g/mol. The van der Waals surface area contributed by atoms with E-state index in [1.54, 1.807) is 6.26 Å². The summed E-state index contributed by atoms with van der Waals surface area (Å²) in [5.74, 6) is 2.34. The molecule has 0 saturated carbocycles. The Morgan fingerprint density at radius 1 is 1.17 bits per heavy atom. The van der Waals surface area contributed by atoms with E-state index >= 15 is 0 Å². The van der Waals surface area contributed by atoms with Crippen molar-refractivity contribution in [2.45, 2.75) is 31.7 Å². The van der Waals surface area contributed by atoms with Gasteiger partial charge in [-0.15, -0.1) is 0 Å². The first kappa shape index (κ1) is 16.4. The van der Waals surface area contributed by atoms with E-state index in [-0.39, 0.29) is 17.7 Å². The number of fused-ring (bicyclic) bond motifs is 2. The van der Waals surface area contributed by atoms with Crippen molar-refractivity contribution in [2.75, 3.05) is 5.32 Å². The molecule has 0 fully saturated rings. The number of para-hydroxylation sites is 1. The van der Waals surface area contributed by atoms with Crippen molar-refractivity contribution in [3.05, 3.63) is 77.3 Å². The molecule has 0 bridgehead atoms. The molecule has 7 heteroatoms. The number of aromatic nitrogens is 4. The molecule has 4 aromatic rings. The van der Waals surface area contributed by atoms with Crippen LogP contribution in [0, 0.1) is 6.92 Å². The molecule has 0 spiro atoms. The highest BCUT2D eigenvalue weighted by molar-refractivity contribution is 6.01. The third-order valence-electron chi connectivity index (χ3n) is 5.89. The highest BCUT2D eigenvalue weighted by atomic mass is 16.3. The number of nitrogens with one attached hydrogen (secondary N) is 2. The van der Waals surface area contributed by atoms with Gasteiger partial charge in [0.1, 0.15) is 17.6 Å². The van der Waals surface area contributed by atoms with Gasteiger partial charge < -0.3 is 14.7 Å². The summed E-state index contributed by atoms with van der Waals surface area (Å²) in [5, 5.41) is 9.08. The average molecular weight is 385 g/mol. The van der Waals surface area contributed by atoms with Gasteiger partial charge >= 0.3 is 0 Å². The Bertz CT molecular complexity index is 1280. The first-order valence-corrected chi connectivity index (χ1v) is 9.75. The van der Waals surface area contributed by atoms with Gasteiger partial charge in [-0.2, -0.15) is 10.1 Å². The number of rotatable bonds is 2. The fourth-order valence-electron chi connectivity index (χ4n) is 4.65. The Labute approximate surface area is 166 Å². The van der Waals surface area contributed by atoms with Gasteiger partial charge in [-0.25, -0.2) is 4.68 Å². The normalized spacial score (nSPS) is 21.2. The van der Waals surface area contributed by atoms with Crippen LogP contribution in [0.1, 0.15) is 41.9 Å². The number of H-pyrrole nitrogens is 1. The second-order valence-corrected chi connectivity index (χ2v) is 7.68. The minimum Gasteiger partial charge on any atom is -0.469 e. The van der Waals surface area contributed by atoms with E-state index in [9.17, 15) is 4.79 Å². The lowest BCUT2D eigenvalue weighted by molar-refractivity contribution is -0.116. The molecule has 2 atom stereocenters. The third kappa shape index (κ3) is 2.40. The minimum absolute atomic E-state index is 0.0305. The molecule has 0 saturated heterocycles. The number of anilines is 1. The number of hydrogen-bond donors (Lipinski definition) is 2. The number of hydrogen-bond acceptors (Lipinski definition) is 5. The molecule has 1 aromatic carbocycles. The topological polar surface area (TPSA) is 88.7 Å². The zero-order valence-electron chi connectivity index (χ0n) is 15.8. The summed E-state index contributed by atoms with van der Waals surface area (Å²) in [6.45, 7) is 1.87. The number of furan rings is 1. The van der Waals surface area contributed by atoms with E-state index in [1.165, 1.54) is 0 Å². The summed E-state index contributed by atoms with van der Waals surface area (Å²) >= 11 is 0. The first-order valence-electron chi connectivity index (χ1n) is 9.75. The summed E-state index contributed by atoms with van der Waals surface area (Å²) in [6, 6.07) is 11.6. The Balaban J connectivity index is 1.54. The molecule has 2 aliphatic rings. The number of ketones is 1. The summed E-state index contributed by atoms with van der Waals surface area (Å²) in [6.07, 6.45) is 4.78. The van der Waals surface area contributed by atoms with Crippen molar-refractivity contribution in [1.82, 2.24) is 19.7 Å². The van der Waals surface area contributed by atoms with Gasteiger partial charge in [-0.3, -0.25) is 4.79 Å². The highest BCUT2D eigenvalue weighted by Gasteiger charge is 2.40. The van der Waals surface area contributed by atoms with Crippen LogP contribution >= 0.6 is 0 Å². The Morgan fingerprint density at radius 2 is 2.07 bits per heavy atom. The lowest BCUT2D eigenvalue weighted by Crippen LogP contribution is -2.33. The molecule has 29 heavy (non-hydrogen) atoms. The summed E-state index contributed by atoms with van der Waals surface area (Å²) < 4.78 is 7.43. The van der Waals surface area contributed by atoms with Gasteiger partial charge in [0.15, 0.2) is 5.78 Å². The molecule has 7 nitrogen and oxygen atoms in total. The number of benzene rings is 1. The average Bonchev–Trinajstić information content (AvgIpc) is 3.45. The molecule has 3 aromatic heterocycles. The lowest BCUT2D eigenvalue weighted by Gasteiger charge is -2.34. The fourth-order valence-corrected chi connectivity index (χ4v) is 4.65. The van der Waals surface area contributed by atoms with Crippen molar-refractivity contribution in [3.8, 4) is 0 Å². The van der Waals surface area contributed by atoms with Gasteiger partial charge in [0.05, 0.1) is 6.26 Å². The van der Waals surface area contributed by atoms with Crippen molar-refractivity contribution < 1.29 is 9.21 Å². The molecule has 0 radical (unpaired) electrons. The molecule has 6 rings (SSSR count). The maximum Gasteiger partial charge on any atom is 0.226 e. The molecule has 1 aliphatic carbocycles. The van der Waals surface area contributed by atoms with Gasteiger partial charge in [-0.1, -0.05) is 18.2 Å². The number of carbonyl (C=O) groups excluding carboxylic acids is 1. The van der Waals surface area contributed by atoms with E-state index in [1.807, 2.05) is 48.1 Å². The highest BCUT2D eigenvalue weighted by Crippen LogP contribution is 2.45. The molecule has 144 valence electrons. The van der Waals surface area contributed by atoms with E-state index in [4.69, 9.17) is 4.42 Å². The Hall–Kier alpha value is -3.61. The zero-order valence-corrected chi connectivity index (χ0v) is 15.8. The molecular formula is C22H19N5O2. The second-order valence-electron chi connectivity index (χ2n) is 7.68. The monoisotopic (exact) mass is 385 g/mol. The van der Waals surface area contributed by atoms with Gasteiger partial charge in [0, 0.05) is 46.3 Å². The number of carbonyl (C=O) groups is 1. The van der Waals surface area contributed by atoms with E-state index in [0.717, 1.165) is 33.5 Å². The zero-order chi connectivity index (χ0) is 19.5. The van der Waals surface area contributed by atoms with Gasteiger partial charge in [0.2, 0.25) is 5.95 Å². The van der Waals surface area contributed by atoms with Crippen LogP contribution in [0.4, 0.5) is 5.95 Å². The van der Waals surface area contributed by atoms with Gasteiger partial charge in [0.25, 0.3) is 0 Å². The summed E-state index contributed by atoms with van der Waals surface area (Å²) in [4.78, 5) is 21.3. The predicted molar refractivity (Wildman–Crippen MR) is 108 cm³/mol. The Morgan fingerprint density at radius 3 is 2.93 bits per heavy atom. The molecule has 0 amide bonds. The number of Topliss-reactive ketones (excluding diaryl/α,β-unsaturated/α-hetero) is 1. The molecule has 4 heterocycles. The quantitative estimate of drug-likeness (QED) is 0.543. The lowest BCUT2D eigenvalue weighted by atomic mass is 9.79. The number of aromatic amines is 1. The molecule has 2 N–H and O–H groups in total. The number of allylic oxidation sites excluding steroid dienone is 2.